The summed E-state index contributed by atoms with van der Waals surface area (Å²) in [6.45, 7) is 0.815. The second-order valence-corrected chi connectivity index (χ2v) is 12.1. The summed E-state index contributed by atoms with van der Waals surface area (Å²) in [7, 11) is 0. The lowest BCUT2D eigenvalue weighted by molar-refractivity contribution is -0.163. The van der Waals surface area contributed by atoms with Crippen LogP contribution in [0, 0.1) is 0 Å². The largest absolute Gasteiger partial charge is 0.505 e. The van der Waals surface area contributed by atoms with E-state index in [9.17, 15) is 19.5 Å². The monoisotopic (exact) mass is 711 g/mol. The molecule has 13 heteroatoms. The van der Waals surface area contributed by atoms with E-state index in [1.807, 2.05) is 60.7 Å². The Morgan fingerprint density at radius 2 is 1.69 bits per heavy atom. The third kappa shape index (κ3) is 11.6. The number of nitrogens with one attached hydrogen (secondary N) is 2. The number of unbranched alkanes of at least 4 members (excludes halogenated alkanes) is 1. The van der Waals surface area contributed by atoms with Crippen LogP contribution in [0.15, 0.2) is 91.0 Å². The molecule has 49 heavy (non-hydrogen) atoms. The second-order valence-electron chi connectivity index (χ2n) is 11.3. The number of carbonyl (C=O) groups is 3. The third-order valence-electron chi connectivity index (χ3n) is 7.40. The number of hydroxylamine groups is 1. The van der Waals surface area contributed by atoms with Crippen molar-refractivity contribution in [2.24, 2.45) is 5.73 Å². The smallest absolute Gasteiger partial charge is 0.324 e. The number of carbonyl (C=O) groups excluding carboxylic acids is 3. The molecular weight excluding hydrogens is 673 g/mol. The number of halogens is 2. The van der Waals surface area contributed by atoms with E-state index < -0.39 is 29.3 Å². The average Bonchev–Trinajstić information content (AvgIpc) is 3.11. The van der Waals surface area contributed by atoms with Crippen LogP contribution in [0.4, 0.5) is 0 Å². The Morgan fingerprint density at radius 3 is 2.39 bits per heavy atom. The lowest BCUT2D eigenvalue weighted by Crippen LogP contribution is -2.46. The first-order valence-corrected chi connectivity index (χ1v) is 16.5. The minimum Gasteiger partial charge on any atom is -0.505 e. The number of nitrogens with two attached hydrogens (primary N) is 1. The van der Waals surface area contributed by atoms with E-state index >= 15 is 0 Å². The highest BCUT2D eigenvalue weighted by Crippen LogP contribution is 2.42. The van der Waals surface area contributed by atoms with Gasteiger partial charge >= 0.3 is 11.9 Å². The number of aromatic hydroxyl groups is 1. The van der Waals surface area contributed by atoms with Crippen molar-refractivity contribution in [3.05, 3.63) is 118 Å². The predicted octanol–water partition coefficient (Wildman–Crippen LogP) is 5.22. The van der Waals surface area contributed by atoms with Crippen molar-refractivity contribution < 1.29 is 38.5 Å². The summed E-state index contributed by atoms with van der Waals surface area (Å²) >= 11 is 12.7. The van der Waals surface area contributed by atoms with Gasteiger partial charge in [0.05, 0.1) is 23.7 Å². The molecule has 0 heterocycles. The molecule has 3 aromatic carbocycles. The van der Waals surface area contributed by atoms with E-state index in [0.29, 0.717) is 25.8 Å². The molecule has 1 unspecified atom stereocenters. The van der Waals surface area contributed by atoms with E-state index in [1.54, 1.807) is 24.3 Å². The summed E-state index contributed by atoms with van der Waals surface area (Å²) in [5, 5.41) is 13.5. The molecular formula is C36H39Cl2N3O8. The number of allylic oxidation sites excluding steroid dienone is 2. The van der Waals surface area contributed by atoms with Crippen molar-refractivity contribution in [1.82, 2.24) is 10.8 Å². The summed E-state index contributed by atoms with van der Waals surface area (Å²) < 4.78 is 16.7. The van der Waals surface area contributed by atoms with Crippen molar-refractivity contribution in [3.8, 4) is 11.5 Å². The maximum absolute atomic E-state index is 12.9. The molecule has 1 aliphatic rings. The van der Waals surface area contributed by atoms with E-state index in [2.05, 4.69) is 10.8 Å². The van der Waals surface area contributed by atoms with Crippen LogP contribution >= 0.6 is 23.2 Å². The quantitative estimate of drug-likeness (QED) is 0.0783. The maximum atomic E-state index is 12.9. The van der Waals surface area contributed by atoms with Crippen molar-refractivity contribution in [2.75, 3.05) is 26.3 Å². The van der Waals surface area contributed by atoms with E-state index in [-0.39, 0.29) is 60.1 Å². The zero-order valence-corrected chi connectivity index (χ0v) is 28.3. The Morgan fingerprint density at radius 1 is 0.980 bits per heavy atom. The summed E-state index contributed by atoms with van der Waals surface area (Å²) in [6.07, 6.45) is 8.79. The van der Waals surface area contributed by atoms with Gasteiger partial charge in [-0.1, -0.05) is 102 Å². The Kier molecular flexibility index (Phi) is 14.5. The summed E-state index contributed by atoms with van der Waals surface area (Å²) in [5.41, 5.74) is 8.70. The first-order chi connectivity index (χ1) is 23.7. The number of hydrogen-bond donors (Lipinski definition) is 4. The molecule has 0 spiro atoms. The van der Waals surface area contributed by atoms with Crippen LogP contribution in [0.1, 0.15) is 40.7 Å². The average molecular weight is 713 g/mol. The molecule has 0 radical (unpaired) electrons. The van der Waals surface area contributed by atoms with Gasteiger partial charge in [0.1, 0.15) is 24.3 Å². The van der Waals surface area contributed by atoms with Gasteiger partial charge in [0, 0.05) is 6.42 Å². The number of rotatable bonds is 18. The SMILES string of the molecule is N[C@@H](Cc1ccccc1)C(=O)OC1(CONC(=O)c2cc(Cl)c(OCCCCNCC(=O)OCc3ccccc3)c(Cl)c2O)C=CC=CC1. The molecule has 4 rings (SSSR count). The Bertz CT molecular complexity index is 1620. The fourth-order valence-electron chi connectivity index (χ4n) is 4.77. The minimum atomic E-state index is -1.22. The molecule has 0 fully saturated rings. The molecule has 2 atom stereocenters. The van der Waals surface area contributed by atoms with Crippen LogP contribution in [-0.2, 0) is 36.9 Å². The highest BCUT2D eigenvalue weighted by atomic mass is 35.5. The van der Waals surface area contributed by atoms with Crippen molar-refractivity contribution >= 4 is 41.0 Å². The molecule has 0 saturated heterocycles. The molecule has 1 aliphatic carbocycles. The van der Waals surface area contributed by atoms with Gasteiger partial charge in [0.15, 0.2) is 17.1 Å². The normalized spacial score (nSPS) is 15.7. The number of amides is 1. The number of phenols is 1. The number of hydrogen-bond acceptors (Lipinski definition) is 10. The van der Waals surface area contributed by atoms with Gasteiger partial charge in [0.2, 0.25) is 0 Å². The molecule has 260 valence electrons. The fraction of sp³-hybridized carbons (Fsp3) is 0.306. The molecule has 5 N–H and O–H groups in total. The zero-order chi connectivity index (χ0) is 35.1. The lowest BCUT2D eigenvalue weighted by Gasteiger charge is -2.31. The van der Waals surface area contributed by atoms with E-state index in [0.717, 1.165) is 11.1 Å². The van der Waals surface area contributed by atoms with Crippen molar-refractivity contribution in [1.29, 1.82) is 0 Å². The summed E-state index contributed by atoms with van der Waals surface area (Å²) in [4.78, 5) is 43.2. The Hall–Kier alpha value is -4.39. The fourth-order valence-corrected chi connectivity index (χ4v) is 5.33. The molecule has 1 amide bonds. The predicted molar refractivity (Wildman–Crippen MR) is 185 cm³/mol. The second kappa shape index (κ2) is 19.0. The molecule has 0 aromatic heterocycles. The van der Waals surface area contributed by atoms with Gasteiger partial charge in [-0.15, -0.1) is 0 Å². The van der Waals surface area contributed by atoms with Crippen LogP contribution in [-0.4, -0.2) is 60.9 Å². The van der Waals surface area contributed by atoms with Gasteiger partial charge in [-0.25, -0.2) is 5.48 Å². The van der Waals surface area contributed by atoms with Gasteiger partial charge in [0.25, 0.3) is 5.91 Å². The lowest BCUT2D eigenvalue weighted by atomic mass is 9.95. The molecule has 11 nitrogen and oxygen atoms in total. The van der Waals surface area contributed by atoms with Gasteiger partial charge in [-0.3, -0.25) is 19.2 Å². The minimum absolute atomic E-state index is 0.00499. The van der Waals surface area contributed by atoms with Gasteiger partial charge < -0.3 is 30.4 Å². The molecule has 0 bridgehead atoms. The van der Waals surface area contributed by atoms with E-state index in [1.165, 1.54) is 6.07 Å². The number of ether oxygens (including phenoxy) is 3. The Balaban J connectivity index is 1.20. The van der Waals surface area contributed by atoms with Crippen LogP contribution < -0.4 is 21.3 Å². The standard InChI is InChI=1S/C36H39Cl2N3O8/c37-28-21-27(32(43)31(38)33(28)46-19-11-10-18-40-22-30(42)47-23-26-14-6-2-7-15-26)34(44)41-48-24-36(16-8-3-9-17-36)49-35(45)29(39)20-25-12-4-1-5-13-25/h1-9,12-16,21,29,40,43H,10-11,17-20,22-24,39H2,(H,41,44)/t29-,36?/m0/s1. The molecule has 0 aliphatic heterocycles. The molecule has 0 saturated carbocycles. The van der Waals surface area contributed by atoms with Crippen LogP contribution in [0.2, 0.25) is 10.0 Å². The Labute approximate surface area is 294 Å². The topological polar surface area (TPSA) is 158 Å². The van der Waals surface area contributed by atoms with Crippen LogP contribution in [0.5, 0.6) is 11.5 Å². The summed E-state index contributed by atoms with van der Waals surface area (Å²) in [6, 6.07) is 19.0. The first kappa shape index (κ1) is 37.4. The van der Waals surface area contributed by atoms with Crippen LogP contribution in [0.3, 0.4) is 0 Å². The number of phenolic OH excluding ortho intramolecular Hbond substituents is 1. The van der Waals surface area contributed by atoms with Crippen molar-refractivity contribution in [2.45, 2.75) is 43.9 Å². The number of benzene rings is 3. The number of esters is 2. The van der Waals surface area contributed by atoms with Crippen LogP contribution in [0.25, 0.3) is 0 Å². The molecule has 3 aromatic rings. The third-order valence-corrected chi connectivity index (χ3v) is 8.03. The van der Waals surface area contributed by atoms with Gasteiger partial charge in [-0.2, -0.15) is 0 Å². The van der Waals surface area contributed by atoms with Gasteiger partial charge in [-0.05, 0) is 49.1 Å². The zero-order valence-electron chi connectivity index (χ0n) is 26.7. The highest BCUT2D eigenvalue weighted by Gasteiger charge is 2.35. The maximum Gasteiger partial charge on any atom is 0.324 e. The summed E-state index contributed by atoms with van der Waals surface area (Å²) in [5.74, 6) is -2.34. The van der Waals surface area contributed by atoms with E-state index in [4.69, 9.17) is 48.0 Å². The van der Waals surface area contributed by atoms with Crippen molar-refractivity contribution in [3.63, 3.8) is 0 Å². The first-order valence-electron chi connectivity index (χ1n) is 15.7. The highest BCUT2D eigenvalue weighted by molar-refractivity contribution is 6.39.